The van der Waals surface area contributed by atoms with Gasteiger partial charge in [-0.15, -0.1) is 0 Å². The Morgan fingerprint density at radius 2 is 2.33 bits per heavy atom. The molecule has 12 heavy (non-hydrogen) atoms. The summed E-state index contributed by atoms with van der Waals surface area (Å²) in [6.07, 6.45) is 0. The summed E-state index contributed by atoms with van der Waals surface area (Å²) in [5.74, 6) is 0.735. The lowest BCUT2D eigenvalue weighted by molar-refractivity contribution is 0.557. The van der Waals surface area contributed by atoms with Gasteiger partial charge < -0.3 is 4.42 Å². The molecule has 1 aromatic heterocycles. The molecule has 0 amide bonds. The summed E-state index contributed by atoms with van der Waals surface area (Å²) in [5.41, 5.74) is 2.99. The number of nitrogens with zero attached hydrogens (tertiary/aromatic N) is 1. The van der Waals surface area contributed by atoms with Crippen LogP contribution in [0.25, 0.3) is 11.1 Å². The number of hydrogen-bond acceptors (Lipinski definition) is 2. The van der Waals surface area contributed by atoms with E-state index in [0.29, 0.717) is 5.33 Å². The molecule has 2 aromatic rings. The SMILES string of the molecule is Cc1cccc2oc(CBr)nc12. The molecule has 0 aliphatic rings. The molecule has 62 valence electrons. The summed E-state index contributed by atoms with van der Waals surface area (Å²) >= 11 is 3.30. The molecule has 0 aliphatic carbocycles. The first-order chi connectivity index (χ1) is 5.81. The standard InChI is InChI=1S/C9H8BrNO/c1-6-3-2-4-7-9(6)11-8(5-10)12-7/h2-4H,5H2,1H3. The molecule has 0 fully saturated rings. The van der Waals surface area contributed by atoms with E-state index >= 15 is 0 Å². The van der Waals surface area contributed by atoms with Gasteiger partial charge >= 0.3 is 0 Å². The first-order valence-corrected chi connectivity index (χ1v) is 4.84. The maximum absolute atomic E-state index is 5.44. The monoisotopic (exact) mass is 225 g/mol. The number of alkyl halides is 1. The van der Waals surface area contributed by atoms with E-state index in [1.807, 2.05) is 25.1 Å². The second-order valence-electron chi connectivity index (χ2n) is 2.66. The number of hydrogen-bond donors (Lipinski definition) is 0. The number of para-hydroxylation sites is 1. The van der Waals surface area contributed by atoms with Gasteiger partial charge in [0.2, 0.25) is 5.89 Å². The van der Waals surface area contributed by atoms with E-state index in [1.165, 1.54) is 0 Å². The van der Waals surface area contributed by atoms with E-state index in [-0.39, 0.29) is 0 Å². The molecule has 0 spiro atoms. The van der Waals surface area contributed by atoms with Gasteiger partial charge in [0.15, 0.2) is 5.58 Å². The van der Waals surface area contributed by atoms with Crippen LogP contribution in [0.5, 0.6) is 0 Å². The van der Waals surface area contributed by atoms with Crippen LogP contribution in [0.15, 0.2) is 22.6 Å². The van der Waals surface area contributed by atoms with Crippen LogP contribution < -0.4 is 0 Å². The van der Waals surface area contributed by atoms with Crippen LogP contribution in [0.2, 0.25) is 0 Å². The number of halogens is 1. The van der Waals surface area contributed by atoms with E-state index in [9.17, 15) is 0 Å². The normalized spacial score (nSPS) is 10.8. The minimum absolute atomic E-state index is 0.668. The van der Waals surface area contributed by atoms with Crippen molar-refractivity contribution >= 4 is 27.0 Å². The average Bonchev–Trinajstić information content (AvgIpc) is 2.49. The molecule has 0 saturated carbocycles. The summed E-state index contributed by atoms with van der Waals surface area (Å²) < 4.78 is 5.44. The molecule has 1 heterocycles. The van der Waals surface area contributed by atoms with E-state index < -0.39 is 0 Å². The lowest BCUT2D eigenvalue weighted by atomic mass is 10.2. The average molecular weight is 226 g/mol. The van der Waals surface area contributed by atoms with Gasteiger partial charge in [-0.1, -0.05) is 28.1 Å². The van der Waals surface area contributed by atoms with Crippen molar-refractivity contribution in [3.63, 3.8) is 0 Å². The van der Waals surface area contributed by atoms with E-state index in [2.05, 4.69) is 20.9 Å². The van der Waals surface area contributed by atoms with E-state index in [0.717, 1.165) is 22.6 Å². The highest BCUT2D eigenvalue weighted by atomic mass is 79.9. The number of fused-ring (bicyclic) bond motifs is 1. The topological polar surface area (TPSA) is 26.0 Å². The van der Waals surface area contributed by atoms with Crippen molar-refractivity contribution in [2.45, 2.75) is 12.3 Å². The third-order valence-corrected chi connectivity index (χ3v) is 2.26. The molecule has 1 aromatic carbocycles. The number of oxazole rings is 1. The second-order valence-corrected chi connectivity index (χ2v) is 3.22. The van der Waals surface area contributed by atoms with Crippen molar-refractivity contribution in [2.24, 2.45) is 0 Å². The lowest BCUT2D eigenvalue weighted by Crippen LogP contribution is -1.76. The molecular formula is C9H8BrNO. The highest BCUT2D eigenvalue weighted by Gasteiger charge is 2.04. The Morgan fingerprint density at radius 1 is 1.50 bits per heavy atom. The maximum Gasteiger partial charge on any atom is 0.206 e. The smallest absolute Gasteiger partial charge is 0.206 e. The molecular weight excluding hydrogens is 218 g/mol. The third kappa shape index (κ3) is 1.14. The van der Waals surface area contributed by atoms with Gasteiger partial charge in [-0.3, -0.25) is 0 Å². The Balaban J connectivity index is 2.74. The van der Waals surface area contributed by atoms with Crippen LogP contribution in [0, 0.1) is 6.92 Å². The Kier molecular flexibility index (Phi) is 1.89. The van der Waals surface area contributed by atoms with Crippen LogP contribution in [0.1, 0.15) is 11.5 Å². The van der Waals surface area contributed by atoms with Gasteiger partial charge in [0, 0.05) is 0 Å². The molecule has 0 aliphatic heterocycles. The lowest BCUT2D eigenvalue weighted by Gasteiger charge is -1.88. The largest absolute Gasteiger partial charge is 0.440 e. The molecule has 0 bridgehead atoms. The Labute approximate surface area is 78.7 Å². The molecule has 2 nitrogen and oxygen atoms in total. The first kappa shape index (κ1) is 7.80. The summed E-state index contributed by atoms with van der Waals surface area (Å²) in [5, 5.41) is 0.668. The number of rotatable bonds is 1. The molecule has 0 unspecified atom stereocenters. The van der Waals surface area contributed by atoms with E-state index in [1.54, 1.807) is 0 Å². The minimum atomic E-state index is 0.668. The van der Waals surface area contributed by atoms with Crippen molar-refractivity contribution in [1.29, 1.82) is 0 Å². The Bertz CT molecular complexity index is 408. The highest BCUT2D eigenvalue weighted by Crippen LogP contribution is 2.19. The summed E-state index contributed by atoms with van der Waals surface area (Å²) in [6, 6.07) is 5.94. The minimum Gasteiger partial charge on any atom is -0.440 e. The van der Waals surface area contributed by atoms with Gasteiger partial charge in [0.25, 0.3) is 0 Å². The van der Waals surface area contributed by atoms with Gasteiger partial charge in [-0.2, -0.15) is 0 Å². The van der Waals surface area contributed by atoms with Crippen LogP contribution in [-0.4, -0.2) is 4.98 Å². The van der Waals surface area contributed by atoms with Crippen molar-refractivity contribution in [1.82, 2.24) is 4.98 Å². The zero-order chi connectivity index (χ0) is 8.55. The second kappa shape index (κ2) is 2.90. The summed E-state index contributed by atoms with van der Waals surface area (Å²) in [6.45, 7) is 2.03. The van der Waals surface area contributed by atoms with Crippen molar-refractivity contribution < 1.29 is 4.42 Å². The van der Waals surface area contributed by atoms with Crippen LogP contribution >= 0.6 is 15.9 Å². The predicted molar refractivity (Wildman–Crippen MR) is 51.4 cm³/mol. The molecule has 0 saturated heterocycles. The number of aryl methyl sites for hydroxylation is 1. The van der Waals surface area contributed by atoms with Crippen molar-refractivity contribution in [3.05, 3.63) is 29.7 Å². The zero-order valence-corrected chi connectivity index (χ0v) is 8.26. The Hall–Kier alpha value is -0.830. The predicted octanol–water partition coefficient (Wildman–Crippen LogP) is 3.03. The van der Waals surface area contributed by atoms with Crippen molar-refractivity contribution in [3.8, 4) is 0 Å². The quantitative estimate of drug-likeness (QED) is 0.698. The summed E-state index contributed by atoms with van der Waals surface area (Å²) in [7, 11) is 0. The number of aromatic nitrogens is 1. The fraction of sp³-hybridized carbons (Fsp3) is 0.222. The first-order valence-electron chi connectivity index (χ1n) is 3.72. The molecule has 0 N–H and O–H groups in total. The van der Waals surface area contributed by atoms with Crippen molar-refractivity contribution in [2.75, 3.05) is 0 Å². The maximum atomic E-state index is 5.44. The molecule has 3 heteroatoms. The van der Waals surface area contributed by atoms with Gasteiger partial charge in [-0.05, 0) is 18.6 Å². The molecule has 0 radical (unpaired) electrons. The zero-order valence-electron chi connectivity index (χ0n) is 6.67. The fourth-order valence-corrected chi connectivity index (χ4v) is 1.43. The molecule has 2 rings (SSSR count). The van der Waals surface area contributed by atoms with Gasteiger partial charge in [0.05, 0.1) is 5.33 Å². The number of benzene rings is 1. The van der Waals surface area contributed by atoms with Gasteiger partial charge in [-0.25, -0.2) is 4.98 Å². The summed E-state index contributed by atoms with van der Waals surface area (Å²) in [4.78, 5) is 4.32. The van der Waals surface area contributed by atoms with Crippen LogP contribution in [0.3, 0.4) is 0 Å². The van der Waals surface area contributed by atoms with Crippen LogP contribution in [0.4, 0.5) is 0 Å². The van der Waals surface area contributed by atoms with Crippen LogP contribution in [-0.2, 0) is 5.33 Å². The molecule has 0 atom stereocenters. The fourth-order valence-electron chi connectivity index (χ4n) is 1.19. The van der Waals surface area contributed by atoms with E-state index in [4.69, 9.17) is 4.42 Å². The third-order valence-electron chi connectivity index (χ3n) is 1.78. The Morgan fingerprint density at radius 3 is 3.00 bits per heavy atom. The van der Waals surface area contributed by atoms with Gasteiger partial charge in [0.1, 0.15) is 5.52 Å². The highest BCUT2D eigenvalue weighted by molar-refractivity contribution is 9.08.